The lowest BCUT2D eigenvalue weighted by atomic mass is 9.83. The van der Waals surface area contributed by atoms with Gasteiger partial charge in [0.25, 0.3) is 0 Å². The van der Waals surface area contributed by atoms with Gasteiger partial charge in [-0.3, -0.25) is 0 Å². The molecule has 1 amide bonds. The van der Waals surface area contributed by atoms with Crippen LogP contribution in [0, 0.1) is 0 Å². The predicted octanol–water partition coefficient (Wildman–Crippen LogP) is 1.03. The smallest absolute Gasteiger partial charge is 0.410 e. The summed E-state index contributed by atoms with van der Waals surface area (Å²) in [5.74, 6) is -2.82. The van der Waals surface area contributed by atoms with E-state index in [1.54, 1.807) is 0 Å². The lowest BCUT2D eigenvalue weighted by Crippen LogP contribution is -2.79. The van der Waals surface area contributed by atoms with Gasteiger partial charge >= 0.3 is 12.0 Å². The van der Waals surface area contributed by atoms with Gasteiger partial charge in [0.05, 0.1) is 13.1 Å². The summed E-state index contributed by atoms with van der Waals surface area (Å²) >= 11 is 0. The molecular weight excluding hydrogens is 208 g/mol. The van der Waals surface area contributed by atoms with Gasteiger partial charge in [0.1, 0.15) is 13.2 Å². The number of carbonyl (C=O) groups excluding carboxylic acids is 1. The van der Waals surface area contributed by atoms with Gasteiger partial charge in [-0.1, -0.05) is 12.7 Å². The standard InChI is InChI=1S/C9H11F2NO3/c1-2-3-14-7(13)12-4-8(5-12)9(10,11)6-15-8/h2H,1,3-6H2. The fourth-order valence-corrected chi connectivity index (χ4v) is 1.63. The molecule has 0 radical (unpaired) electrons. The van der Waals surface area contributed by atoms with Crippen molar-refractivity contribution < 1.29 is 23.0 Å². The fourth-order valence-electron chi connectivity index (χ4n) is 1.63. The molecule has 2 fully saturated rings. The van der Waals surface area contributed by atoms with Crippen LogP contribution in [0.15, 0.2) is 12.7 Å². The van der Waals surface area contributed by atoms with Gasteiger partial charge in [-0.05, 0) is 0 Å². The van der Waals surface area contributed by atoms with E-state index >= 15 is 0 Å². The van der Waals surface area contributed by atoms with Crippen molar-refractivity contribution in [2.75, 3.05) is 26.3 Å². The molecular formula is C9H11F2NO3. The molecule has 0 aromatic carbocycles. The van der Waals surface area contributed by atoms with Crippen LogP contribution >= 0.6 is 0 Å². The van der Waals surface area contributed by atoms with E-state index < -0.39 is 24.2 Å². The van der Waals surface area contributed by atoms with E-state index in [0.717, 1.165) is 0 Å². The van der Waals surface area contributed by atoms with Crippen LogP contribution in [0.4, 0.5) is 13.6 Å². The van der Waals surface area contributed by atoms with Crippen molar-refractivity contribution in [1.29, 1.82) is 0 Å². The first-order chi connectivity index (χ1) is 7.01. The monoisotopic (exact) mass is 219 g/mol. The molecule has 0 saturated carbocycles. The molecule has 2 aliphatic heterocycles. The van der Waals surface area contributed by atoms with E-state index in [-0.39, 0.29) is 19.7 Å². The number of hydrogen-bond donors (Lipinski definition) is 0. The third-order valence-corrected chi connectivity index (χ3v) is 2.67. The highest BCUT2D eigenvalue weighted by atomic mass is 19.3. The Morgan fingerprint density at radius 2 is 2.27 bits per heavy atom. The van der Waals surface area contributed by atoms with Gasteiger partial charge in [0, 0.05) is 0 Å². The highest BCUT2D eigenvalue weighted by molar-refractivity contribution is 5.69. The Labute approximate surface area is 85.4 Å². The average molecular weight is 219 g/mol. The van der Waals surface area contributed by atoms with Crippen LogP contribution in [0.1, 0.15) is 0 Å². The van der Waals surface area contributed by atoms with Gasteiger partial charge in [-0.15, -0.1) is 0 Å². The van der Waals surface area contributed by atoms with Gasteiger partial charge < -0.3 is 14.4 Å². The van der Waals surface area contributed by atoms with Crippen molar-refractivity contribution in [3.05, 3.63) is 12.7 Å². The molecule has 0 aliphatic carbocycles. The first-order valence-corrected chi connectivity index (χ1v) is 4.55. The highest BCUT2D eigenvalue weighted by Gasteiger charge is 2.70. The molecule has 1 spiro atoms. The third-order valence-electron chi connectivity index (χ3n) is 2.67. The van der Waals surface area contributed by atoms with Crippen LogP contribution in [0.5, 0.6) is 0 Å². The van der Waals surface area contributed by atoms with Gasteiger partial charge in [0.15, 0.2) is 5.60 Å². The zero-order chi connectivity index (χ0) is 11.1. The SMILES string of the molecule is C=CCOC(=O)N1CC2(C1)OCC2(F)F. The number of halogens is 2. The summed E-state index contributed by atoms with van der Waals surface area (Å²) in [5.41, 5.74) is -1.44. The maximum atomic E-state index is 13.0. The van der Waals surface area contributed by atoms with Crippen LogP contribution in [0.25, 0.3) is 0 Å². The normalized spacial score (nSPS) is 25.3. The highest BCUT2D eigenvalue weighted by Crippen LogP contribution is 2.47. The Morgan fingerprint density at radius 1 is 1.60 bits per heavy atom. The van der Waals surface area contributed by atoms with Crippen molar-refractivity contribution in [3.63, 3.8) is 0 Å². The van der Waals surface area contributed by atoms with E-state index in [4.69, 9.17) is 9.47 Å². The van der Waals surface area contributed by atoms with Crippen molar-refractivity contribution in [2.24, 2.45) is 0 Å². The molecule has 84 valence electrons. The minimum atomic E-state index is -2.82. The fraction of sp³-hybridized carbons (Fsp3) is 0.667. The second-order valence-corrected chi connectivity index (χ2v) is 3.71. The number of alkyl halides is 2. The maximum Gasteiger partial charge on any atom is 0.410 e. The zero-order valence-electron chi connectivity index (χ0n) is 8.04. The summed E-state index contributed by atoms with van der Waals surface area (Å²) in [6.45, 7) is 2.70. The van der Waals surface area contributed by atoms with Crippen LogP contribution in [-0.2, 0) is 9.47 Å². The quantitative estimate of drug-likeness (QED) is 0.651. The molecule has 0 atom stereocenters. The number of carbonyl (C=O) groups is 1. The van der Waals surface area contributed by atoms with Crippen molar-refractivity contribution in [1.82, 2.24) is 4.90 Å². The molecule has 2 saturated heterocycles. The first kappa shape index (κ1) is 10.4. The van der Waals surface area contributed by atoms with Gasteiger partial charge in [-0.25, -0.2) is 13.6 Å². The maximum absolute atomic E-state index is 13.0. The van der Waals surface area contributed by atoms with Crippen molar-refractivity contribution in [3.8, 4) is 0 Å². The molecule has 0 bridgehead atoms. The van der Waals surface area contributed by atoms with Crippen molar-refractivity contribution in [2.45, 2.75) is 11.5 Å². The molecule has 2 rings (SSSR count). The minimum absolute atomic E-state index is 0.0829. The molecule has 4 nitrogen and oxygen atoms in total. The molecule has 15 heavy (non-hydrogen) atoms. The Balaban J connectivity index is 1.83. The van der Waals surface area contributed by atoms with Crippen LogP contribution < -0.4 is 0 Å². The van der Waals surface area contributed by atoms with Crippen molar-refractivity contribution >= 4 is 6.09 Å². The number of hydrogen-bond acceptors (Lipinski definition) is 3. The van der Waals surface area contributed by atoms with Crippen LogP contribution in [-0.4, -0.2) is 48.8 Å². The van der Waals surface area contributed by atoms with E-state index in [1.807, 2.05) is 0 Å². The summed E-state index contributed by atoms with van der Waals surface area (Å²) in [7, 11) is 0. The topological polar surface area (TPSA) is 38.8 Å². The van der Waals surface area contributed by atoms with E-state index in [1.165, 1.54) is 11.0 Å². The lowest BCUT2D eigenvalue weighted by Gasteiger charge is -2.58. The first-order valence-electron chi connectivity index (χ1n) is 4.55. The molecule has 0 unspecified atom stereocenters. The Hall–Kier alpha value is -1.17. The Bertz CT molecular complexity index is 300. The van der Waals surface area contributed by atoms with Crippen LogP contribution in [0.2, 0.25) is 0 Å². The predicted molar refractivity (Wildman–Crippen MR) is 46.7 cm³/mol. The summed E-state index contributed by atoms with van der Waals surface area (Å²) in [6, 6.07) is 0. The largest absolute Gasteiger partial charge is 0.445 e. The summed E-state index contributed by atoms with van der Waals surface area (Å²) in [5, 5.41) is 0. The number of amides is 1. The second kappa shape index (κ2) is 3.16. The third kappa shape index (κ3) is 1.40. The number of rotatable bonds is 2. The molecule has 0 aromatic heterocycles. The molecule has 0 N–H and O–H groups in total. The average Bonchev–Trinajstić information content (AvgIpc) is 2.11. The number of ether oxygens (including phenoxy) is 2. The summed E-state index contributed by atoms with van der Waals surface area (Å²) in [4.78, 5) is 12.4. The number of likely N-dealkylation sites (tertiary alicyclic amines) is 1. The Morgan fingerprint density at radius 3 is 2.67 bits per heavy atom. The van der Waals surface area contributed by atoms with E-state index in [0.29, 0.717) is 0 Å². The van der Waals surface area contributed by atoms with Gasteiger partial charge in [-0.2, -0.15) is 0 Å². The second-order valence-electron chi connectivity index (χ2n) is 3.71. The van der Waals surface area contributed by atoms with E-state index in [9.17, 15) is 13.6 Å². The summed E-state index contributed by atoms with van der Waals surface area (Å²) < 4.78 is 35.5. The Kier molecular flexibility index (Phi) is 2.18. The lowest BCUT2D eigenvalue weighted by molar-refractivity contribution is -0.362. The molecule has 2 aliphatic rings. The van der Waals surface area contributed by atoms with Crippen LogP contribution in [0.3, 0.4) is 0 Å². The molecule has 6 heteroatoms. The summed E-state index contributed by atoms with van der Waals surface area (Å²) in [6.07, 6.45) is 0.814. The zero-order valence-corrected chi connectivity index (χ0v) is 8.04. The molecule has 0 aromatic rings. The minimum Gasteiger partial charge on any atom is -0.445 e. The number of nitrogens with zero attached hydrogens (tertiary/aromatic N) is 1. The molecule has 2 heterocycles. The van der Waals surface area contributed by atoms with E-state index in [2.05, 4.69) is 6.58 Å². The van der Waals surface area contributed by atoms with Gasteiger partial charge in [0.2, 0.25) is 0 Å².